The van der Waals surface area contributed by atoms with Gasteiger partial charge in [0, 0.05) is 79.3 Å². The summed E-state index contributed by atoms with van der Waals surface area (Å²) in [6.07, 6.45) is 7.05. The van der Waals surface area contributed by atoms with Crippen LogP contribution in [0.5, 0.6) is 17.2 Å². The summed E-state index contributed by atoms with van der Waals surface area (Å²) in [5, 5.41) is 38.3. The van der Waals surface area contributed by atoms with E-state index in [1.165, 1.54) is 36.4 Å². The number of halogens is 1. The Labute approximate surface area is 465 Å². The van der Waals surface area contributed by atoms with E-state index in [1.54, 1.807) is 24.3 Å². The van der Waals surface area contributed by atoms with Gasteiger partial charge >= 0.3 is 18.0 Å². The average molecular weight is 1120 g/mol. The first-order valence-corrected chi connectivity index (χ1v) is 27.4. The van der Waals surface area contributed by atoms with Gasteiger partial charge in [0.25, 0.3) is 5.91 Å². The Balaban J connectivity index is 0.0000131. The van der Waals surface area contributed by atoms with Gasteiger partial charge in [-0.3, -0.25) is 35.4 Å². The third-order valence-corrected chi connectivity index (χ3v) is 14.7. The number of hydrogen-bond donors (Lipinski definition) is 13. The van der Waals surface area contributed by atoms with Crippen molar-refractivity contribution in [2.24, 2.45) is 22.9 Å². The lowest BCUT2D eigenvalue weighted by molar-refractivity contribution is -0.356. The van der Waals surface area contributed by atoms with Gasteiger partial charge in [-0.2, -0.15) is 11.8 Å². The predicted octanol–water partition coefficient (Wildman–Crippen LogP) is -1.73. The largest absolute Gasteiger partial charge is 1.00 e. The molecule has 3 aromatic rings. The van der Waals surface area contributed by atoms with Gasteiger partial charge in [-0.05, 0) is 139 Å². The molecular formula is C54H77ClN12O10S. The van der Waals surface area contributed by atoms with Gasteiger partial charge in [0.05, 0.1) is 17.6 Å². The minimum atomic E-state index is -1.21. The number of primary amides is 1. The number of aromatic hydroxyl groups is 2. The summed E-state index contributed by atoms with van der Waals surface area (Å²) in [6.45, 7) is 6.49. The van der Waals surface area contributed by atoms with Crippen LogP contribution in [0.3, 0.4) is 0 Å². The van der Waals surface area contributed by atoms with Crippen LogP contribution in [0.25, 0.3) is 6.08 Å². The normalized spacial score (nSPS) is 16.2. The molecule has 0 aromatic heterocycles. The number of hydrogen-bond acceptors (Lipinski definition) is 13. The number of thioether (sulfide) groups is 1. The Morgan fingerprint density at radius 1 is 0.821 bits per heavy atom. The second kappa shape index (κ2) is 32.5. The predicted molar refractivity (Wildman–Crippen MR) is 296 cm³/mol. The van der Waals surface area contributed by atoms with Crippen LogP contribution in [0, 0.1) is 0 Å². The van der Waals surface area contributed by atoms with Crippen molar-refractivity contribution in [3.63, 3.8) is 0 Å². The molecule has 426 valence electrons. The molecule has 78 heavy (non-hydrogen) atoms. The summed E-state index contributed by atoms with van der Waals surface area (Å²) in [5.41, 5.74) is 24.9. The number of unbranched alkanes of at least 4 members (excludes halogenated alkanes) is 3. The number of rotatable bonds is 32. The van der Waals surface area contributed by atoms with Gasteiger partial charge in [0.15, 0.2) is 0 Å². The fourth-order valence-electron chi connectivity index (χ4n) is 9.02. The number of phenols is 2. The fourth-order valence-corrected chi connectivity index (χ4v) is 10.6. The summed E-state index contributed by atoms with van der Waals surface area (Å²) in [7, 11) is 0. The van der Waals surface area contributed by atoms with Gasteiger partial charge in [-0.15, -0.1) is 0 Å². The zero-order valence-electron chi connectivity index (χ0n) is 44.4. The number of nitrogens with two attached hydrogens (primary N) is 4. The van der Waals surface area contributed by atoms with Gasteiger partial charge in [0.1, 0.15) is 35.0 Å². The summed E-state index contributed by atoms with van der Waals surface area (Å²) < 4.78 is 5.98. The molecule has 2 aliphatic heterocycles. The van der Waals surface area contributed by atoms with Crippen LogP contribution in [-0.2, 0) is 30.4 Å². The molecule has 5 atom stereocenters. The van der Waals surface area contributed by atoms with Gasteiger partial charge in [-0.25, -0.2) is 14.6 Å². The number of guanidine groups is 1. The molecule has 7 amide bonds. The number of fused-ring (bicyclic) bond motifs is 1. The minimum absolute atomic E-state index is 0. The number of anilines is 1. The molecule has 0 saturated carbocycles. The molecule has 17 N–H and O–H groups in total. The van der Waals surface area contributed by atoms with Crippen molar-refractivity contribution >= 4 is 76.7 Å². The Hall–Kier alpha value is -7.24. The molecule has 2 saturated heterocycles. The molecule has 0 bridgehead atoms. The highest BCUT2D eigenvalue weighted by Crippen LogP contribution is 2.33. The molecule has 3 aromatic carbocycles. The van der Waals surface area contributed by atoms with Crippen molar-refractivity contribution in [3.8, 4) is 17.2 Å². The van der Waals surface area contributed by atoms with E-state index >= 15 is 0 Å². The van der Waals surface area contributed by atoms with E-state index in [-0.39, 0.29) is 108 Å². The second-order valence-electron chi connectivity index (χ2n) is 19.0. The Morgan fingerprint density at radius 3 is 2.14 bits per heavy atom. The lowest BCUT2D eigenvalue weighted by Crippen LogP contribution is -3.00. The average Bonchev–Trinajstić information content (AvgIpc) is 3.97. The first-order chi connectivity index (χ1) is 37.0. The maximum absolute atomic E-state index is 14.3. The highest BCUT2D eigenvalue weighted by molar-refractivity contribution is 8.00. The number of esters is 1. The zero-order valence-corrected chi connectivity index (χ0v) is 45.9. The molecule has 2 heterocycles. The van der Waals surface area contributed by atoms with Crippen molar-refractivity contribution in [3.05, 3.63) is 82.9 Å². The molecule has 24 heteroatoms. The number of ether oxygens (including phenoxy) is 1. The Kier molecular flexibility index (Phi) is 26.4. The Morgan fingerprint density at radius 2 is 1.50 bits per heavy atom. The van der Waals surface area contributed by atoms with Crippen molar-refractivity contribution < 1.29 is 65.9 Å². The summed E-state index contributed by atoms with van der Waals surface area (Å²) in [4.78, 5) is 96.7. The molecule has 5 rings (SSSR count). The van der Waals surface area contributed by atoms with Crippen molar-refractivity contribution in [2.45, 2.75) is 127 Å². The first-order valence-electron chi connectivity index (χ1n) is 26.4. The van der Waals surface area contributed by atoms with Gasteiger partial charge in [-0.1, -0.05) is 12.1 Å². The summed E-state index contributed by atoms with van der Waals surface area (Å²) in [6, 6.07) is 13.1. The Bertz CT molecular complexity index is 2580. The lowest BCUT2D eigenvalue weighted by atomic mass is 10.0. The van der Waals surface area contributed by atoms with Crippen molar-refractivity contribution in [2.75, 3.05) is 43.4 Å². The first kappa shape index (κ1) is 63.3. The monoisotopic (exact) mass is 1120 g/mol. The number of carbonyl (C=O) groups excluding carboxylic acids is 7. The number of carbonyl (C=O) groups is 7. The molecule has 22 nitrogen and oxygen atoms in total. The number of benzene rings is 3. The highest BCUT2D eigenvalue weighted by atomic mass is 35.5. The SMILES string of the molecule is CCN(CC)c1ccc(/C=C(\CCCCNC(=O)CCCCNC(=O)CCCC2SCC3NC(=O)NC32)C(=O)Oc2ccc([NH+]=C(N)N)cc2C(=O)N[C@@H](CCCCN)C(=O)N[C@@H](Cc2ccc(O)cc2)C(N)=O)c(O)c1.[Cl-]. The third-order valence-electron chi connectivity index (χ3n) is 13.2. The smallest absolute Gasteiger partial charge is 0.343 e. The van der Waals surface area contributed by atoms with E-state index in [1.807, 2.05) is 31.7 Å². The van der Waals surface area contributed by atoms with Crippen LogP contribution in [0.1, 0.15) is 112 Å². The van der Waals surface area contributed by atoms with E-state index in [2.05, 4.69) is 41.8 Å². The van der Waals surface area contributed by atoms with Crippen LogP contribution in [-0.4, -0.2) is 126 Å². The zero-order chi connectivity index (χ0) is 55.9. The summed E-state index contributed by atoms with van der Waals surface area (Å²) in [5.74, 6) is -2.96. The number of amides is 7. The van der Waals surface area contributed by atoms with Gasteiger partial charge in [0.2, 0.25) is 23.6 Å². The van der Waals surface area contributed by atoms with E-state index in [9.17, 15) is 43.8 Å². The molecular weight excluding hydrogens is 1040 g/mol. The molecule has 2 fully saturated rings. The molecule has 0 aliphatic carbocycles. The van der Waals surface area contributed by atoms with Crippen LogP contribution in [0.4, 0.5) is 16.2 Å². The van der Waals surface area contributed by atoms with E-state index in [4.69, 9.17) is 27.7 Å². The van der Waals surface area contributed by atoms with E-state index < -0.39 is 35.8 Å². The standard InChI is InChI=1S/C54H76N12O10S.ClH/c1-3-66(4-2)37-21-19-34(43(68)31-37)29-35(12-6-9-26-59-46(69)15-7-10-27-60-47(70)16-11-14-45-48-42(32-77-45)64-54(75)65-48)52(74)76-44-24-20-36(61-53(57)58)30-39(44)50(72)62-40(13-5-8-25-55)51(73)63-41(49(56)71)28-33-17-22-38(67)23-18-33;/h17-24,29-31,40-42,45,48,67-68H,3-16,25-28,32,55H2,1-2H3,(H2,56,71)(H,59,69)(H,60,70)(H,62,72)(H,63,73)(H4,57,58,61)(H2,64,65,75);1H/b35-29+;/t40-,41-,42?,45?,48?;/m0./s1. The lowest BCUT2D eigenvalue weighted by Gasteiger charge is -2.23. The number of nitrogens with one attached hydrogen (secondary N) is 7. The van der Waals surface area contributed by atoms with Crippen LogP contribution < -0.4 is 81.9 Å². The molecule has 3 unspecified atom stereocenters. The number of urea groups is 1. The fraction of sp³-hybridized carbons (Fsp3) is 0.481. The maximum atomic E-state index is 14.3. The van der Waals surface area contributed by atoms with E-state index in [0.29, 0.717) is 94.0 Å². The second-order valence-corrected chi connectivity index (χ2v) is 20.3. The molecule has 2 aliphatic rings. The van der Waals surface area contributed by atoms with Crippen molar-refractivity contribution in [1.29, 1.82) is 0 Å². The van der Waals surface area contributed by atoms with Crippen LogP contribution in [0.15, 0.2) is 66.2 Å². The third kappa shape index (κ3) is 20.3. The quantitative estimate of drug-likeness (QED) is 0.00629. The van der Waals surface area contributed by atoms with Crippen LogP contribution in [0.2, 0.25) is 0 Å². The minimum Gasteiger partial charge on any atom is -1.00 e. The topological polar surface area (TPSA) is 363 Å². The van der Waals surface area contributed by atoms with Crippen molar-refractivity contribution in [1.82, 2.24) is 31.9 Å². The maximum Gasteiger partial charge on any atom is 0.343 e. The number of phenolic OH excluding ortho intramolecular Hbond substituents is 2. The van der Waals surface area contributed by atoms with Crippen LogP contribution >= 0.6 is 11.8 Å². The van der Waals surface area contributed by atoms with Gasteiger partial charge < -0.3 is 75.6 Å². The number of nitrogens with zero attached hydrogens (tertiary/aromatic N) is 1. The van der Waals surface area contributed by atoms with E-state index in [0.717, 1.165) is 24.3 Å². The highest BCUT2D eigenvalue weighted by Gasteiger charge is 2.42. The molecule has 0 radical (unpaired) electrons. The summed E-state index contributed by atoms with van der Waals surface area (Å²) >= 11 is 1.82. The molecule has 0 spiro atoms.